The van der Waals surface area contributed by atoms with Gasteiger partial charge in [-0.15, -0.1) is 11.3 Å². The summed E-state index contributed by atoms with van der Waals surface area (Å²) in [6.07, 6.45) is 2.36. The molecule has 1 aliphatic rings. The van der Waals surface area contributed by atoms with Crippen LogP contribution in [0.5, 0.6) is 0 Å². The minimum Gasteiger partial charge on any atom is -0.354 e. The lowest BCUT2D eigenvalue weighted by molar-refractivity contribution is -0.122. The van der Waals surface area contributed by atoms with Gasteiger partial charge in [0.05, 0.1) is 16.6 Å². The predicted molar refractivity (Wildman–Crippen MR) is 126 cm³/mol. The van der Waals surface area contributed by atoms with Crippen molar-refractivity contribution < 1.29 is 14.4 Å². The molecular weight excluding hydrogens is 473 g/mol. The Hall–Kier alpha value is -2.36. The highest BCUT2D eigenvalue weighted by Gasteiger charge is 2.25. The van der Waals surface area contributed by atoms with E-state index >= 15 is 0 Å². The van der Waals surface area contributed by atoms with Crippen molar-refractivity contribution >= 4 is 58.1 Å². The molecule has 1 aromatic heterocycles. The number of hydrogen-bond donors (Lipinski definition) is 3. The number of halogens is 2. The molecule has 0 spiro atoms. The van der Waals surface area contributed by atoms with E-state index < -0.39 is 11.9 Å². The summed E-state index contributed by atoms with van der Waals surface area (Å²) in [4.78, 5) is 43.4. The largest absolute Gasteiger partial charge is 0.354 e. The van der Waals surface area contributed by atoms with Gasteiger partial charge in [-0.05, 0) is 51.3 Å². The van der Waals surface area contributed by atoms with Crippen LogP contribution >= 0.6 is 34.5 Å². The summed E-state index contributed by atoms with van der Waals surface area (Å²) in [6.45, 7) is 4.63. The summed E-state index contributed by atoms with van der Waals surface area (Å²) < 4.78 is 0. The van der Waals surface area contributed by atoms with Gasteiger partial charge >= 0.3 is 6.03 Å². The lowest BCUT2D eigenvalue weighted by Crippen LogP contribution is -2.45. The van der Waals surface area contributed by atoms with E-state index in [1.165, 1.54) is 11.3 Å². The van der Waals surface area contributed by atoms with E-state index in [4.69, 9.17) is 23.2 Å². The van der Waals surface area contributed by atoms with Crippen LogP contribution in [-0.4, -0.2) is 46.4 Å². The maximum atomic E-state index is 12.8. The third-order valence-corrected chi connectivity index (χ3v) is 6.56. The van der Waals surface area contributed by atoms with E-state index in [0.29, 0.717) is 33.7 Å². The second-order valence-corrected chi connectivity index (χ2v) is 9.48. The molecule has 32 heavy (non-hydrogen) atoms. The fourth-order valence-corrected chi connectivity index (χ4v) is 4.27. The van der Waals surface area contributed by atoms with Crippen LogP contribution in [0.4, 0.5) is 10.5 Å². The summed E-state index contributed by atoms with van der Waals surface area (Å²) in [5.74, 6) is -0.567. The second kappa shape index (κ2) is 11.0. The molecule has 2 aromatic rings. The molecule has 1 aromatic carbocycles. The molecule has 0 radical (unpaired) electrons. The van der Waals surface area contributed by atoms with Gasteiger partial charge in [-0.2, -0.15) is 0 Å². The standard InChI is InChI=1S/C21H25Cl2N5O3S/c1-12(2)28(21(31)25-13-6-7-14(22)15(23)9-13)10-18-26-17(11-32-18)20(30)27-16-5-3-4-8-24-19(16)29/h6-7,9,11-12,16H,3-5,8,10H2,1-2H3,(H,24,29)(H,25,31)(H,27,30). The number of aromatic nitrogens is 1. The van der Waals surface area contributed by atoms with Crippen molar-refractivity contribution in [2.45, 2.75) is 51.7 Å². The van der Waals surface area contributed by atoms with Gasteiger partial charge in [0.1, 0.15) is 16.7 Å². The van der Waals surface area contributed by atoms with Gasteiger partial charge in [-0.3, -0.25) is 9.59 Å². The van der Waals surface area contributed by atoms with Crippen molar-refractivity contribution in [2.24, 2.45) is 0 Å². The van der Waals surface area contributed by atoms with E-state index in [-0.39, 0.29) is 30.2 Å². The predicted octanol–water partition coefficient (Wildman–Crippen LogP) is 4.29. The second-order valence-electron chi connectivity index (χ2n) is 7.72. The van der Waals surface area contributed by atoms with E-state index in [2.05, 4.69) is 20.9 Å². The number of thiazole rings is 1. The number of urea groups is 1. The number of nitrogens with one attached hydrogen (secondary N) is 3. The normalized spacial score (nSPS) is 16.3. The first-order chi connectivity index (χ1) is 15.2. The molecule has 1 unspecified atom stereocenters. The van der Waals surface area contributed by atoms with Crippen LogP contribution in [0.3, 0.4) is 0 Å². The summed E-state index contributed by atoms with van der Waals surface area (Å²) in [5.41, 5.74) is 0.756. The van der Waals surface area contributed by atoms with Crippen molar-refractivity contribution in [3.8, 4) is 0 Å². The third-order valence-electron chi connectivity index (χ3n) is 4.99. The topological polar surface area (TPSA) is 103 Å². The maximum absolute atomic E-state index is 12.8. The van der Waals surface area contributed by atoms with Crippen LogP contribution in [-0.2, 0) is 11.3 Å². The van der Waals surface area contributed by atoms with Crippen LogP contribution in [0.1, 0.15) is 48.6 Å². The molecule has 1 saturated heterocycles. The Morgan fingerprint density at radius 1 is 1.28 bits per heavy atom. The van der Waals surface area contributed by atoms with Gasteiger partial charge in [-0.25, -0.2) is 9.78 Å². The summed E-state index contributed by atoms with van der Waals surface area (Å²) in [6, 6.07) is 3.86. The SMILES string of the molecule is CC(C)N(Cc1nc(C(=O)NC2CCCCNC2=O)cs1)C(=O)Nc1ccc(Cl)c(Cl)c1. The molecule has 3 rings (SSSR count). The van der Waals surface area contributed by atoms with Gasteiger partial charge in [0.15, 0.2) is 0 Å². The fraction of sp³-hybridized carbons (Fsp3) is 0.429. The van der Waals surface area contributed by atoms with E-state index in [9.17, 15) is 14.4 Å². The van der Waals surface area contributed by atoms with Gasteiger partial charge in [0.2, 0.25) is 5.91 Å². The van der Waals surface area contributed by atoms with Crippen LogP contribution < -0.4 is 16.0 Å². The Morgan fingerprint density at radius 3 is 2.78 bits per heavy atom. The number of carbonyl (C=O) groups excluding carboxylic acids is 3. The molecule has 0 saturated carbocycles. The molecule has 4 amide bonds. The highest BCUT2D eigenvalue weighted by Crippen LogP contribution is 2.25. The highest BCUT2D eigenvalue weighted by atomic mass is 35.5. The molecule has 172 valence electrons. The molecule has 11 heteroatoms. The molecular formula is C21H25Cl2N5O3S. The zero-order valence-corrected chi connectivity index (χ0v) is 20.1. The van der Waals surface area contributed by atoms with Crippen LogP contribution in [0.15, 0.2) is 23.6 Å². The van der Waals surface area contributed by atoms with Gasteiger partial charge < -0.3 is 20.9 Å². The Bertz CT molecular complexity index is 998. The molecule has 0 aliphatic carbocycles. The average Bonchev–Trinajstić information content (AvgIpc) is 3.13. The van der Waals surface area contributed by atoms with E-state index in [0.717, 1.165) is 12.8 Å². The molecule has 8 nitrogen and oxygen atoms in total. The number of rotatable bonds is 6. The first kappa shape index (κ1) is 24.3. The number of nitrogens with zero attached hydrogens (tertiary/aromatic N) is 2. The summed E-state index contributed by atoms with van der Waals surface area (Å²) >= 11 is 13.2. The molecule has 1 fully saturated rings. The van der Waals surface area contributed by atoms with Crippen molar-refractivity contribution in [3.05, 3.63) is 44.3 Å². The zero-order valence-electron chi connectivity index (χ0n) is 17.8. The van der Waals surface area contributed by atoms with Gasteiger partial charge in [0, 0.05) is 23.7 Å². The Morgan fingerprint density at radius 2 is 2.06 bits per heavy atom. The molecule has 2 heterocycles. The molecule has 1 atom stereocenters. The minimum absolute atomic E-state index is 0.117. The van der Waals surface area contributed by atoms with E-state index in [1.54, 1.807) is 28.5 Å². The first-order valence-corrected chi connectivity index (χ1v) is 11.9. The van der Waals surface area contributed by atoms with Crippen molar-refractivity contribution in [1.29, 1.82) is 0 Å². The average molecular weight is 498 g/mol. The number of amides is 4. The lowest BCUT2D eigenvalue weighted by Gasteiger charge is -2.26. The monoisotopic (exact) mass is 497 g/mol. The molecule has 1 aliphatic heterocycles. The minimum atomic E-state index is -0.556. The fourth-order valence-electron chi connectivity index (χ4n) is 3.20. The Labute approximate surface area is 200 Å². The summed E-state index contributed by atoms with van der Waals surface area (Å²) in [7, 11) is 0. The quantitative estimate of drug-likeness (QED) is 0.553. The van der Waals surface area contributed by atoms with Crippen molar-refractivity contribution in [2.75, 3.05) is 11.9 Å². The number of anilines is 1. The van der Waals surface area contributed by atoms with Gasteiger partial charge in [0.25, 0.3) is 5.91 Å². The lowest BCUT2D eigenvalue weighted by atomic mass is 10.1. The van der Waals surface area contributed by atoms with E-state index in [1.807, 2.05) is 13.8 Å². The summed E-state index contributed by atoms with van der Waals surface area (Å²) in [5, 5.41) is 11.3. The number of benzene rings is 1. The third kappa shape index (κ3) is 6.34. The zero-order chi connectivity index (χ0) is 23.3. The Balaban J connectivity index is 1.64. The van der Waals surface area contributed by atoms with Crippen LogP contribution in [0.2, 0.25) is 10.0 Å². The van der Waals surface area contributed by atoms with Crippen LogP contribution in [0, 0.1) is 0 Å². The van der Waals surface area contributed by atoms with Crippen molar-refractivity contribution in [3.63, 3.8) is 0 Å². The Kier molecular flexibility index (Phi) is 8.33. The molecule has 3 N–H and O–H groups in total. The highest BCUT2D eigenvalue weighted by molar-refractivity contribution is 7.09. The molecule has 0 bridgehead atoms. The first-order valence-electron chi connectivity index (χ1n) is 10.3. The maximum Gasteiger partial charge on any atom is 0.322 e. The number of carbonyl (C=O) groups is 3. The van der Waals surface area contributed by atoms with Crippen LogP contribution in [0.25, 0.3) is 0 Å². The number of hydrogen-bond acceptors (Lipinski definition) is 5. The van der Waals surface area contributed by atoms with Crippen molar-refractivity contribution in [1.82, 2.24) is 20.5 Å². The van der Waals surface area contributed by atoms with Gasteiger partial charge in [-0.1, -0.05) is 23.2 Å². The smallest absolute Gasteiger partial charge is 0.322 e.